The van der Waals surface area contributed by atoms with Crippen molar-refractivity contribution in [2.75, 3.05) is 25.2 Å². The summed E-state index contributed by atoms with van der Waals surface area (Å²) >= 11 is 9.36. The summed E-state index contributed by atoms with van der Waals surface area (Å²) in [5.74, 6) is 0.668. The number of carbonyl (C=O) groups excluding carboxylic acids is 1. The van der Waals surface area contributed by atoms with E-state index in [0.29, 0.717) is 34.4 Å². The molecule has 1 fully saturated rings. The van der Waals surface area contributed by atoms with Gasteiger partial charge in [0, 0.05) is 11.5 Å². The summed E-state index contributed by atoms with van der Waals surface area (Å²) in [6.07, 6.45) is 2.38. The first-order valence-corrected chi connectivity index (χ1v) is 10.8. The zero-order valence-electron chi connectivity index (χ0n) is 14.8. The molecule has 5 nitrogen and oxygen atoms in total. The van der Waals surface area contributed by atoms with Crippen molar-refractivity contribution in [3.63, 3.8) is 0 Å². The Hall–Kier alpha value is -1.67. The van der Waals surface area contributed by atoms with E-state index in [-0.39, 0.29) is 12.0 Å². The number of hydrogen-bond acceptors (Lipinski definition) is 6. The first kappa shape index (κ1) is 18.7. The van der Waals surface area contributed by atoms with Crippen molar-refractivity contribution < 1.29 is 14.3 Å². The molecule has 0 radical (unpaired) electrons. The molecule has 0 N–H and O–H groups in total. The molecule has 2 aromatic heterocycles. The standard InChI is InChI=1S/C19H19ClN2O3S2/c1-24-15-7-6-14(20)18-17(15)21-19(27-18)22(11-12-4-2-8-25-12)16(23)10-13-5-3-9-26-13/h3,5-7,9,12H,2,4,8,10-11H2,1H3. The number of ether oxygens (including phenoxy) is 2. The van der Waals surface area contributed by atoms with E-state index in [1.165, 1.54) is 11.3 Å². The lowest BCUT2D eigenvalue weighted by Gasteiger charge is -2.22. The second-order valence-electron chi connectivity index (χ2n) is 6.32. The van der Waals surface area contributed by atoms with Crippen LogP contribution >= 0.6 is 34.3 Å². The predicted octanol–water partition coefficient (Wildman–Crippen LogP) is 4.77. The predicted molar refractivity (Wildman–Crippen MR) is 111 cm³/mol. The number of thiophene rings is 1. The van der Waals surface area contributed by atoms with Crippen molar-refractivity contribution >= 4 is 55.5 Å². The molecule has 0 bridgehead atoms. The van der Waals surface area contributed by atoms with Crippen molar-refractivity contribution in [1.82, 2.24) is 4.98 Å². The summed E-state index contributed by atoms with van der Waals surface area (Å²) in [5.41, 5.74) is 0.686. The molecule has 3 aromatic rings. The molecule has 0 spiro atoms. The van der Waals surface area contributed by atoms with Gasteiger partial charge in [0.05, 0.1) is 35.9 Å². The van der Waals surface area contributed by atoms with Crippen molar-refractivity contribution in [2.45, 2.75) is 25.4 Å². The summed E-state index contributed by atoms with van der Waals surface area (Å²) in [6.45, 7) is 1.25. The second-order valence-corrected chi connectivity index (χ2v) is 8.74. The number of anilines is 1. The van der Waals surface area contributed by atoms with Crippen molar-refractivity contribution in [3.8, 4) is 5.75 Å². The largest absolute Gasteiger partial charge is 0.494 e. The fraction of sp³-hybridized carbons (Fsp3) is 0.368. The third kappa shape index (κ3) is 3.96. The van der Waals surface area contributed by atoms with E-state index in [1.54, 1.807) is 35.5 Å². The van der Waals surface area contributed by atoms with E-state index >= 15 is 0 Å². The Labute approximate surface area is 170 Å². The number of fused-ring (bicyclic) bond motifs is 1. The SMILES string of the molecule is COc1ccc(Cl)c2sc(N(CC3CCCO3)C(=O)Cc3cccs3)nc12. The van der Waals surface area contributed by atoms with Crippen LogP contribution in [0.25, 0.3) is 10.2 Å². The third-order valence-electron chi connectivity index (χ3n) is 4.51. The molecule has 1 aromatic carbocycles. The van der Waals surface area contributed by atoms with Crippen LogP contribution in [-0.2, 0) is 16.0 Å². The molecular weight excluding hydrogens is 404 g/mol. The third-order valence-corrected chi connectivity index (χ3v) is 6.93. The molecule has 1 aliphatic heterocycles. The van der Waals surface area contributed by atoms with Crippen LogP contribution < -0.4 is 9.64 Å². The highest BCUT2D eigenvalue weighted by Crippen LogP contribution is 2.39. The maximum Gasteiger partial charge on any atom is 0.234 e. The van der Waals surface area contributed by atoms with E-state index in [0.717, 1.165) is 29.0 Å². The van der Waals surface area contributed by atoms with Crippen LogP contribution in [0.1, 0.15) is 17.7 Å². The monoisotopic (exact) mass is 422 g/mol. The lowest BCUT2D eigenvalue weighted by molar-refractivity contribution is -0.118. The normalized spacial score (nSPS) is 16.7. The maximum atomic E-state index is 13.1. The van der Waals surface area contributed by atoms with Gasteiger partial charge in [-0.2, -0.15) is 0 Å². The van der Waals surface area contributed by atoms with Crippen LogP contribution in [0, 0.1) is 0 Å². The van der Waals surface area contributed by atoms with E-state index in [1.807, 2.05) is 17.5 Å². The Morgan fingerprint density at radius 1 is 1.44 bits per heavy atom. The summed E-state index contributed by atoms with van der Waals surface area (Å²) in [7, 11) is 1.60. The smallest absolute Gasteiger partial charge is 0.234 e. The van der Waals surface area contributed by atoms with E-state index in [4.69, 9.17) is 26.1 Å². The average molecular weight is 423 g/mol. The summed E-state index contributed by atoms with van der Waals surface area (Å²) < 4.78 is 12.0. The van der Waals surface area contributed by atoms with Gasteiger partial charge in [0.2, 0.25) is 5.91 Å². The van der Waals surface area contributed by atoms with Gasteiger partial charge in [-0.05, 0) is 36.4 Å². The van der Waals surface area contributed by atoms with Gasteiger partial charge >= 0.3 is 0 Å². The summed E-state index contributed by atoms with van der Waals surface area (Å²) in [6, 6.07) is 7.53. The number of thiazole rings is 1. The van der Waals surface area contributed by atoms with Crippen LogP contribution in [0.15, 0.2) is 29.6 Å². The van der Waals surface area contributed by atoms with Crippen LogP contribution in [-0.4, -0.2) is 37.3 Å². The summed E-state index contributed by atoms with van der Waals surface area (Å²) in [4.78, 5) is 20.6. The number of rotatable bonds is 6. The van der Waals surface area contributed by atoms with Gasteiger partial charge in [-0.15, -0.1) is 11.3 Å². The zero-order chi connectivity index (χ0) is 18.8. The fourth-order valence-electron chi connectivity index (χ4n) is 3.16. The molecule has 1 aliphatic rings. The molecule has 1 unspecified atom stereocenters. The first-order chi connectivity index (χ1) is 13.2. The van der Waals surface area contributed by atoms with Crippen LogP contribution in [0.3, 0.4) is 0 Å². The molecule has 4 rings (SSSR count). The lowest BCUT2D eigenvalue weighted by atomic mass is 10.2. The number of aromatic nitrogens is 1. The van der Waals surface area contributed by atoms with Gasteiger partial charge in [0.15, 0.2) is 5.13 Å². The average Bonchev–Trinajstić information content (AvgIpc) is 3.41. The Bertz CT molecular complexity index is 936. The lowest BCUT2D eigenvalue weighted by Crippen LogP contribution is -2.38. The molecule has 0 aliphatic carbocycles. The Kier molecular flexibility index (Phi) is 5.63. The molecule has 3 heterocycles. The molecule has 1 amide bonds. The minimum atomic E-state index is 0.0158. The minimum Gasteiger partial charge on any atom is -0.494 e. The number of carbonyl (C=O) groups is 1. The van der Waals surface area contributed by atoms with Crippen molar-refractivity contribution in [1.29, 1.82) is 0 Å². The number of nitrogens with zero attached hydrogens (tertiary/aromatic N) is 2. The Morgan fingerprint density at radius 2 is 2.33 bits per heavy atom. The van der Waals surface area contributed by atoms with Crippen LogP contribution in [0.5, 0.6) is 5.75 Å². The summed E-state index contributed by atoms with van der Waals surface area (Å²) in [5, 5.41) is 3.22. The molecule has 8 heteroatoms. The van der Waals surface area contributed by atoms with E-state index in [9.17, 15) is 4.79 Å². The minimum absolute atomic E-state index is 0.0158. The molecule has 1 saturated heterocycles. The number of hydrogen-bond donors (Lipinski definition) is 0. The van der Waals surface area contributed by atoms with Gasteiger partial charge in [0.25, 0.3) is 0 Å². The topological polar surface area (TPSA) is 51.7 Å². The molecule has 0 saturated carbocycles. The van der Waals surface area contributed by atoms with Gasteiger partial charge in [0.1, 0.15) is 11.3 Å². The Morgan fingerprint density at radius 3 is 3.04 bits per heavy atom. The van der Waals surface area contributed by atoms with Gasteiger partial charge in [-0.3, -0.25) is 9.69 Å². The highest BCUT2D eigenvalue weighted by Gasteiger charge is 2.27. The Balaban J connectivity index is 1.69. The van der Waals surface area contributed by atoms with Crippen LogP contribution in [0.4, 0.5) is 5.13 Å². The van der Waals surface area contributed by atoms with Gasteiger partial charge in [-0.1, -0.05) is 29.0 Å². The van der Waals surface area contributed by atoms with E-state index < -0.39 is 0 Å². The van der Waals surface area contributed by atoms with Crippen molar-refractivity contribution in [3.05, 3.63) is 39.5 Å². The first-order valence-electron chi connectivity index (χ1n) is 8.73. The highest BCUT2D eigenvalue weighted by atomic mass is 35.5. The maximum absolute atomic E-state index is 13.1. The molecule has 1 atom stereocenters. The highest BCUT2D eigenvalue weighted by molar-refractivity contribution is 7.23. The zero-order valence-corrected chi connectivity index (χ0v) is 17.2. The number of amides is 1. The fourth-order valence-corrected chi connectivity index (χ4v) is 5.14. The van der Waals surface area contributed by atoms with E-state index in [2.05, 4.69) is 0 Å². The number of halogens is 1. The van der Waals surface area contributed by atoms with Gasteiger partial charge in [-0.25, -0.2) is 4.98 Å². The van der Waals surface area contributed by atoms with Crippen molar-refractivity contribution in [2.24, 2.45) is 0 Å². The quantitative estimate of drug-likeness (QED) is 0.574. The van der Waals surface area contributed by atoms with Crippen LogP contribution in [0.2, 0.25) is 5.02 Å². The number of methoxy groups -OCH3 is 1. The number of benzene rings is 1. The van der Waals surface area contributed by atoms with Gasteiger partial charge < -0.3 is 9.47 Å². The molecule has 27 heavy (non-hydrogen) atoms. The molecule has 142 valence electrons. The second kappa shape index (κ2) is 8.14. The molecular formula is C19H19ClN2O3S2.